The van der Waals surface area contributed by atoms with Gasteiger partial charge in [-0.15, -0.1) is 0 Å². The summed E-state index contributed by atoms with van der Waals surface area (Å²) in [4.78, 5) is 0. The minimum Gasteiger partial charge on any atom is -0.0692 e. The summed E-state index contributed by atoms with van der Waals surface area (Å²) >= 11 is 0. The summed E-state index contributed by atoms with van der Waals surface area (Å²) in [5.74, 6) is 0. The maximum Gasteiger partial charge on any atom is 0.0502 e. The van der Waals surface area contributed by atoms with Crippen LogP contribution in [0.1, 0.15) is 39.5 Å². The largest absolute Gasteiger partial charge is 0.0692 e. The molecular weight excluding hydrogens is 224 g/mol. The lowest BCUT2D eigenvalue weighted by molar-refractivity contribution is 0.479. The molecule has 0 aromatic carbocycles. The van der Waals surface area contributed by atoms with Crippen molar-refractivity contribution >= 4 is 16.1 Å². The molecule has 0 saturated heterocycles. The molecule has 0 aromatic heterocycles. The Morgan fingerprint density at radius 3 is 1.12 bits per heavy atom. The van der Waals surface area contributed by atoms with Crippen LogP contribution in [0.25, 0.3) is 0 Å². The van der Waals surface area contributed by atoms with Crippen LogP contribution in [-0.2, 0) is 0 Å². The van der Waals surface area contributed by atoms with Crippen molar-refractivity contribution in [1.29, 1.82) is 0 Å². The highest BCUT2D eigenvalue weighted by Gasteiger charge is 2.38. The van der Waals surface area contributed by atoms with Gasteiger partial charge in [0.15, 0.2) is 0 Å². The number of hydrogen-bond donors (Lipinski definition) is 0. The molecule has 0 bridgehead atoms. The van der Waals surface area contributed by atoms with E-state index in [2.05, 4.69) is 40.0 Å². The molecule has 1 aliphatic carbocycles. The van der Waals surface area contributed by atoms with E-state index in [1.807, 2.05) is 0 Å². The van der Waals surface area contributed by atoms with Gasteiger partial charge in [0.1, 0.15) is 0 Å². The molecule has 0 aliphatic heterocycles. The molecule has 0 nitrogen and oxygen atoms in total. The zero-order valence-electron chi connectivity index (χ0n) is 12.4. The lowest BCUT2D eigenvalue weighted by Gasteiger charge is -2.42. The Hall–Kier alpha value is 0.434. The molecule has 16 heavy (non-hydrogen) atoms. The zero-order valence-corrected chi connectivity index (χ0v) is 14.4. The first kappa shape index (κ1) is 14.5. The molecule has 2 heteroatoms. The summed E-state index contributed by atoms with van der Waals surface area (Å²) < 4.78 is 0. The molecule has 0 heterocycles. The summed E-state index contributed by atoms with van der Waals surface area (Å²) in [5, 5.41) is 0. The Labute approximate surface area is 105 Å². The van der Waals surface area contributed by atoms with Crippen LogP contribution in [0.15, 0.2) is 0 Å². The second-order valence-corrected chi connectivity index (χ2v) is 18.2. The summed E-state index contributed by atoms with van der Waals surface area (Å²) in [6.07, 6.45) is 6.25. The third-order valence-electron chi connectivity index (χ3n) is 5.76. The van der Waals surface area contributed by atoms with Crippen LogP contribution in [0, 0.1) is 0 Å². The predicted octanol–water partition coefficient (Wildman–Crippen LogP) is 5.76. The second kappa shape index (κ2) is 5.39. The molecule has 1 saturated carbocycles. The van der Waals surface area contributed by atoms with Gasteiger partial charge in [0.2, 0.25) is 0 Å². The van der Waals surface area contributed by atoms with Crippen molar-refractivity contribution in [2.24, 2.45) is 0 Å². The van der Waals surface area contributed by atoms with Gasteiger partial charge in [-0.05, 0) is 11.1 Å². The Morgan fingerprint density at radius 1 is 0.688 bits per heavy atom. The van der Waals surface area contributed by atoms with Crippen molar-refractivity contribution in [3.05, 3.63) is 0 Å². The molecule has 1 rings (SSSR count). The van der Waals surface area contributed by atoms with Crippen LogP contribution in [-0.4, -0.2) is 16.1 Å². The molecule has 1 aliphatic rings. The average Bonchev–Trinajstić information content (AvgIpc) is 2.29. The Bertz CT molecular complexity index is 189. The fraction of sp³-hybridized carbons (Fsp3) is 1.00. The van der Waals surface area contributed by atoms with Gasteiger partial charge in [0, 0.05) is 0 Å². The molecule has 96 valence electrons. The van der Waals surface area contributed by atoms with Gasteiger partial charge in [-0.2, -0.15) is 0 Å². The highest BCUT2D eigenvalue weighted by Crippen LogP contribution is 2.47. The van der Waals surface area contributed by atoms with Crippen molar-refractivity contribution in [3.8, 4) is 0 Å². The van der Waals surface area contributed by atoms with Crippen molar-refractivity contribution in [1.82, 2.24) is 0 Å². The van der Waals surface area contributed by atoms with Crippen molar-refractivity contribution in [2.75, 3.05) is 0 Å². The van der Waals surface area contributed by atoms with Crippen LogP contribution in [0.4, 0.5) is 0 Å². The monoisotopic (exact) mass is 256 g/mol. The summed E-state index contributed by atoms with van der Waals surface area (Å²) in [5.41, 5.74) is 2.27. The van der Waals surface area contributed by atoms with Gasteiger partial charge in [0.05, 0.1) is 16.1 Å². The minimum absolute atomic E-state index is 0.860. The molecule has 0 amide bonds. The summed E-state index contributed by atoms with van der Waals surface area (Å²) in [6, 6.07) is 2.97. The highest BCUT2D eigenvalue weighted by molar-refractivity contribution is 6.79. The molecule has 1 fully saturated rings. The van der Waals surface area contributed by atoms with E-state index >= 15 is 0 Å². The lowest BCUT2D eigenvalue weighted by Crippen LogP contribution is -2.38. The SMILES string of the molecule is CC[Si](C)(C)C1CCC([Si](C)(C)CC)CC1. The third-order valence-corrected chi connectivity index (χ3v) is 15.0. The van der Waals surface area contributed by atoms with E-state index in [0.29, 0.717) is 0 Å². The quantitative estimate of drug-likeness (QED) is 0.561. The zero-order chi connectivity index (χ0) is 12.4. The summed E-state index contributed by atoms with van der Waals surface area (Å²) in [6.45, 7) is 15.3. The molecule has 0 unspecified atom stereocenters. The fourth-order valence-electron chi connectivity index (χ4n) is 3.23. The summed E-state index contributed by atoms with van der Waals surface area (Å²) in [7, 11) is -1.72. The minimum atomic E-state index is -0.860. The number of rotatable bonds is 4. The van der Waals surface area contributed by atoms with Crippen LogP contribution in [0.5, 0.6) is 0 Å². The molecule has 0 aromatic rings. The third kappa shape index (κ3) is 3.22. The first-order valence-electron chi connectivity index (χ1n) is 7.33. The average molecular weight is 257 g/mol. The maximum absolute atomic E-state index is 2.61. The van der Waals surface area contributed by atoms with Crippen LogP contribution in [0.2, 0.25) is 49.4 Å². The van der Waals surface area contributed by atoms with E-state index in [4.69, 9.17) is 0 Å². The molecule has 0 radical (unpaired) electrons. The lowest BCUT2D eigenvalue weighted by atomic mass is 9.99. The smallest absolute Gasteiger partial charge is 0.0502 e. The fourth-order valence-corrected chi connectivity index (χ4v) is 8.18. The van der Waals surface area contributed by atoms with Gasteiger partial charge in [-0.25, -0.2) is 0 Å². The maximum atomic E-state index is 2.61. The predicted molar refractivity (Wildman–Crippen MR) is 81.9 cm³/mol. The van der Waals surface area contributed by atoms with Gasteiger partial charge in [-0.1, -0.05) is 77.8 Å². The van der Waals surface area contributed by atoms with E-state index in [1.165, 1.54) is 12.1 Å². The van der Waals surface area contributed by atoms with Crippen molar-refractivity contribution in [3.63, 3.8) is 0 Å². The van der Waals surface area contributed by atoms with E-state index < -0.39 is 16.1 Å². The van der Waals surface area contributed by atoms with Crippen LogP contribution in [0.3, 0.4) is 0 Å². The Morgan fingerprint density at radius 2 is 0.938 bits per heavy atom. The van der Waals surface area contributed by atoms with Crippen molar-refractivity contribution < 1.29 is 0 Å². The number of hydrogen-bond acceptors (Lipinski definition) is 0. The van der Waals surface area contributed by atoms with Gasteiger partial charge in [0.25, 0.3) is 0 Å². The van der Waals surface area contributed by atoms with Gasteiger partial charge in [-0.3, -0.25) is 0 Å². The first-order chi connectivity index (χ1) is 7.33. The normalized spacial score (nSPS) is 28.1. The van der Waals surface area contributed by atoms with Crippen LogP contribution < -0.4 is 0 Å². The molecule has 0 atom stereocenters. The van der Waals surface area contributed by atoms with E-state index in [1.54, 1.807) is 25.7 Å². The first-order valence-corrected chi connectivity index (χ1v) is 13.9. The molecule has 0 N–H and O–H groups in total. The highest BCUT2D eigenvalue weighted by atomic mass is 28.3. The van der Waals surface area contributed by atoms with E-state index in [9.17, 15) is 0 Å². The van der Waals surface area contributed by atoms with E-state index in [0.717, 1.165) is 11.1 Å². The Kier molecular flexibility index (Phi) is 4.88. The van der Waals surface area contributed by atoms with Crippen LogP contribution >= 0.6 is 0 Å². The standard InChI is InChI=1S/C14H32Si2/c1-7-15(3,4)13-9-11-14(12-10-13)16(5,6)8-2/h13-14H,7-12H2,1-6H3. The molecule has 0 spiro atoms. The Balaban J connectivity index is 2.52. The van der Waals surface area contributed by atoms with Gasteiger partial charge >= 0.3 is 0 Å². The molecular formula is C14H32Si2. The second-order valence-electron chi connectivity index (χ2n) is 7.23. The van der Waals surface area contributed by atoms with E-state index in [-0.39, 0.29) is 0 Å². The topological polar surface area (TPSA) is 0 Å². The van der Waals surface area contributed by atoms with Crippen molar-refractivity contribution in [2.45, 2.75) is 88.9 Å². The van der Waals surface area contributed by atoms with Gasteiger partial charge < -0.3 is 0 Å².